The number of nitrogens with zero attached hydrogens (tertiary/aromatic N) is 2. The van der Waals surface area contributed by atoms with Gasteiger partial charge in [-0.05, 0) is 12.6 Å². The number of nitrogens with two attached hydrogens (primary N) is 1. The van der Waals surface area contributed by atoms with E-state index in [4.69, 9.17) is 11.0 Å². The van der Waals surface area contributed by atoms with Gasteiger partial charge < -0.3 is 5.73 Å². The first-order valence-electron chi connectivity index (χ1n) is 5.11. The topological polar surface area (TPSA) is 62.7 Å². The van der Waals surface area contributed by atoms with Crippen LogP contribution in [0.2, 0.25) is 0 Å². The average molecular weight is 247 g/mol. The normalized spacial score (nSPS) is 10.2. The zero-order valence-electron chi connectivity index (χ0n) is 8.98. The molecule has 86 valence electrons. The Kier molecular flexibility index (Phi) is 3.47. The number of halogens is 1. The maximum atomic E-state index is 13.6. The zero-order valence-corrected chi connectivity index (χ0v) is 9.80. The number of thiazole rings is 1. The lowest BCUT2D eigenvalue weighted by atomic mass is 10.1. The van der Waals surface area contributed by atoms with E-state index in [-0.39, 0.29) is 11.5 Å². The van der Waals surface area contributed by atoms with Gasteiger partial charge in [-0.2, -0.15) is 5.26 Å². The third kappa shape index (κ3) is 2.33. The third-order valence-corrected chi connectivity index (χ3v) is 3.40. The fourth-order valence-electron chi connectivity index (χ4n) is 1.50. The van der Waals surface area contributed by atoms with Crippen LogP contribution in [0.3, 0.4) is 0 Å². The van der Waals surface area contributed by atoms with Gasteiger partial charge in [-0.15, -0.1) is 11.3 Å². The molecule has 1 aromatic carbocycles. The SMILES string of the molecule is N#Cc1nc(CCN)sc1-c1ccccc1F. The molecule has 17 heavy (non-hydrogen) atoms. The number of aromatic nitrogens is 1. The number of rotatable bonds is 3. The third-order valence-electron chi connectivity index (χ3n) is 2.25. The van der Waals surface area contributed by atoms with Crippen LogP contribution in [0.25, 0.3) is 10.4 Å². The molecule has 0 aliphatic rings. The summed E-state index contributed by atoms with van der Waals surface area (Å²) in [6.45, 7) is 0.467. The number of nitriles is 1. The standard InChI is InChI=1S/C12H10FN3S/c13-9-4-2-1-3-8(9)12-10(7-15)16-11(17-12)5-6-14/h1-4H,5-6,14H2. The Morgan fingerprint density at radius 2 is 2.18 bits per heavy atom. The summed E-state index contributed by atoms with van der Waals surface area (Å²) in [6.07, 6.45) is 0.605. The number of benzene rings is 1. The summed E-state index contributed by atoms with van der Waals surface area (Å²) in [4.78, 5) is 4.72. The van der Waals surface area contributed by atoms with Crippen molar-refractivity contribution in [2.75, 3.05) is 6.54 Å². The molecule has 0 saturated carbocycles. The Morgan fingerprint density at radius 3 is 2.82 bits per heavy atom. The number of hydrogen-bond acceptors (Lipinski definition) is 4. The summed E-state index contributed by atoms with van der Waals surface area (Å²) < 4.78 is 13.6. The van der Waals surface area contributed by atoms with Gasteiger partial charge in [0.05, 0.1) is 9.88 Å². The minimum absolute atomic E-state index is 0.267. The Bertz CT molecular complexity index is 571. The van der Waals surface area contributed by atoms with Crippen LogP contribution < -0.4 is 5.73 Å². The maximum absolute atomic E-state index is 13.6. The molecule has 0 bridgehead atoms. The summed E-state index contributed by atoms with van der Waals surface area (Å²) in [7, 11) is 0. The van der Waals surface area contributed by atoms with Gasteiger partial charge in [0, 0.05) is 12.0 Å². The summed E-state index contributed by atoms with van der Waals surface area (Å²) in [5.74, 6) is -0.341. The largest absolute Gasteiger partial charge is 0.330 e. The lowest BCUT2D eigenvalue weighted by Crippen LogP contribution is -2.01. The van der Waals surface area contributed by atoms with Gasteiger partial charge >= 0.3 is 0 Å². The first kappa shape index (κ1) is 11.7. The first-order valence-corrected chi connectivity index (χ1v) is 5.92. The van der Waals surface area contributed by atoms with Crippen molar-refractivity contribution in [2.45, 2.75) is 6.42 Å². The molecule has 0 spiro atoms. The molecule has 0 amide bonds. The quantitative estimate of drug-likeness (QED) is 0.905. The highest BCUT2D eigenvalue weighted by Crippen LogP contribution is 2.31. The Morgan fingerprint density at radius 1 is 1.41 bits per heavy atom. The monoisotopic (exact) mass is 247 g/mol. The Hall–Kier alpha value is -1.77. The molecule has 0 saturated heterocycles. The zero-order chi connectivity index (χ0) is 12.3. The van der Waals surface area contributed by atoms with E-state index >= 15 is 0 Å². The van der Waals surface area contributed by atoms with E-state index in [0.29, 0.717) is 23.4 Å². The lowest BCUT2D eigenvalue weighted by Gasteiger charge is -1.98. The predicted octanol–water partition coefficient (Wildman–Crippen LogP) is 2.32. The summed E-state index contributed by atoms with van der Waals surface area (Å²) in [5, 5.41) is 9.76. The van der Waals surface area contributed by atoms with E-state index in [9.17, 15) is 4.39 Å². The van der Waals surface area contributed by atoms with Crippen molar-refractivity contribution in [2.24, 2.45) is 5.73 Å². The van der Waals surface area contributed by atoms with Gasteiger partial charge in [0.1, 0.15) is 11.9 Å². The van der Waals surface area contributed by atoms with E-state index in [1.54, 1.807) is 18.2 Å². The van der Waals surface area contributed by atoms with Crippen LogP contribution in [-0.2, 0) is 6.42 Å². The maximum Gasteiger partial charge on any atom is 0.159 e. The van der Waals surface area contributed by atoms with Crippen molar-refractivity contribution in [3.05, 3.63) is 40.8 Å². The molecule has 2 N–H and O–H groups in total. The van der Waals surface area contributed by atoms with Crippen LogP contribution in [0.15, 0.2) is 24.3 Å². The second-order valence-corrected chi connectivity index (χ2v) is 4.50. The van der Waals surface area contributed by atoms with Crippen molar-refractivity contribution in [1.29, 1.82) is 5.26 Å². The molecule has 0 radical (unpaired) electrons. The molecule has 0 aliphatic heterocycles. The highest BCUT2D eigenvalue weighted by atomic mass is 32.1. The smallest absolute Gasteiger partial charge is 0.159 e. The highest BCUT2D eigenvalue weighted by Gasteiger charge is 2.15. The summed E-state index contributed by atoms with van der Waals surface area (Å²) in [5.41, 5.74) is 6.13. The van der Waals surface area contributed by atoms with Crippen LogP contribution in [0.4, 0.5) is 4.39 Å². The molecule has 0 fully saturated rings. The average Bonchev–Trinajstić information content (AvgIpc) is 2.73. The molecule has 1 aromatic heterocycles. The van der Waals surface area contributed by atoms with Crippen molar-refractivity contribution in [3.8, 4) is 16.5 Å². The van der Waals surface area contributed by atoms with E-state index in [1.807, 2.05) is 6.07 Å². The highest BCUT2D eigenvalue weighted by molar-refractivity contribution is 7.15. The summed E-state index contributed by atoms with van der Waals surface area (Å²) in [6, 6.07) is 8.37. The van der Waals surface area contributed by atoms with E-state index < -0.39 is 0 Å². The first-order chi connectivity index (χ1) is 8.26. The van der Waals surface area contributed by atoms with Gasteiger partial charge in [0.15, 0.2) is 5.69 Å². The van der Waals surface area contributed by atoms with E-state index in [0.717, 1.165) is 5.01 Å². The Balaban J connectivity index is 2.52. The second-order valence-electron chi connectivity index (χ2n) is 3.42. The molecule has 1 heterocycles. The lowest BCUT2D eigenvalue weighted by molar-refractivity contribution is 0.631. The molecular weight excluding hydrogens is 237 g/mol. The molecular formula is C12H10FN3S. The fraction of sp³-hybridized carbons (Fsp3) is 0.167. The van der Waals surface area contributed by atoms with Gasteiger partial charge in [0.25, 0.3) is 0 Å². The van der Waals surface area contributed by atoms with Gasteiger partial charge in [-0.3, -0.25) is 0 Å². The van der Waals surface area contributed by atoms with Crippen molar-refractivity contribution in [3.63, 3.8) is 0 Å². The van der Waals surface area contributed by atoms with E-state index in [2.05, 4.69) is 4.98 Å². The minimum atomic E-state index is -0.341. The molecule has 2 aromatic rings. The minimum Gasteiger partial charge on any atom is -0.330 e. The van der Waals surface area contributed by atoms with Gasteiger partial charge in [0.2, 0.25) is 0 Å². The second kappa shape index (κ2) is 5.04. The van der Waals surface area contributed by atoms with Crippen molar-refractivity contribution < 1.29 is 4.39 Å². The molecule has 2 rings (SSSR count). The molecule has 0 atom stereocenters. The van der Waals surface area contributed by atoms with Gasteiger partial charge in [-0.1, -0.05) is 18.2 Å². The molecule has 5 heteroatoms. The van der Waals surface area contributed by atoms with E-state index in [1.165, 1.54) is 17.4 Å². The number of hydrogen-bond donors (Lipinski definition) is 1. The van der Waals surface area contributed by atoms with Crippen LogP contribution in [0.5, 0.6) is 0 Å². The summed E-state index contributed by atoms with van der Waals surface area (Å²) >= 11 is 1.32. The Labute approximate surface area is 102 Å². The van der Waals surface area contributed by atoms with Crippen LogP contribution >= 0.6 is 11.3 Å². The van der Waals surface area contributed by atoms with Crippen LogP contribution in [0, 0.1) is 17.1 Å². The van der Waals surface area contributed by atoms with Crippen LogP contribution in [0.1, 0.15) is 10.7 Å². The fourth-order valence-corrected chi connectivity index (χ4v) is 2.55. The van der Waals surface area contributed by atoms with Gasteiger partial charge in [-0.25, -0.2) is 9.37 Å². The molecule has 0 unspecified atom stereocenters. The van der Waals surface area contributed by atoms with Crippen molar-refractivity contribution in [1.82, 2.24) is 4.98 Å². The van der Waals surface area contributed by atoms with Crippen LogP contribution in [-0.4, -0.2) is 11.5 Å². The molecule has 0 aliphatic carbocycles. The molecule has 3 nitrogen and oxygen atoms in total. The predicted molar refractivity (Wildman–Crippen MR) is 65.0 cm³/mol. The van der Waals surface area contributed by atoms with Crippen molar-refractivity contribution >= 4 is 11.3 Å².